The van der Waals surface area contributed by atoms with Gasteiger partial charge in [0.2, 0.25) is 0 Å². The van der Waals surface area contributed by atoms with E-state index in [0.717, 1.165) is 56.3 Å². The summed E-state index contributed by atoms with van der Waals surface area (Å²) < 4.78 is 8.98. The maximum Gasteiger partial charge on any atom is 0.267 e. The highest BCUT2D eigenvalue weighted by atomic mass is 32.1. The van der Waals surface area contributed by atoms with Gasteiger partial charge in [-0.25, -0.2) is 0 Å². The van der Waals surface area contributed by atoms with Crippen LogP contribution in [0.2, 0.25) is 0 Å². The highest BCUT2D eigenvalue weighted by Crippen LogP contribution is 2.16. The smallest absolute Gasteiger partial charge is 0.267 e. The van der Waals surface area contributed by atoms with Crippen molar-refractivity contribution in [1.29, 1.82) is 0 Å². The van der Waals surface area contributed by atoms with E-state index in [1.807, 2.05) is 24.8 Å². The molecule has 1 saturated heterocycles. The first-order valence-corrected chi connectivity index (χ1v) is 8.19. The second kappa shape index (κ2) is 6.53. The predicted molar refractivity (Wildman–Crippen MR) is 81.7 cm³/mol. The van der Waals surface area contributed by atoms with Crippen LogP contribution in [0.15, 0.2) is 10.6 Å². The van der Waals surface area contributed by atoms with Crippen LogP contribution in [0.4, 0.5) is 0 Å². The summed E-state index contributed by atoms with van der Waals surface area (Å²) in [5.74, 6) is 0.886. The van der Waals surface area contributed by atoms with Gasteiger partial charge in [-0.3, -0.25) is 9.69 Å². The fourth-order valence-corrected chi connectivity index (χ4v) is 3.30. The van der Waals surface area contributed by atoms with Crippen molar-refractivity contribution in [3.8, 4) is 0 Å². The molecule has 0 atom stereocenters. The predicted octanol–water partition coefficient (Wildman–Crippen LogP) is 1.35. The molecule has 0 N–H and O–H groups in total. The van der Waals surface area contributed by atoms with Gasteiger partial charge in [0.25, 0.3) is 5.91 Å². The first-order chi connectivity index (χ1) is 10.7. The lowest BCUT2D eigenvalue weighted by Crippen LogP contribution is -2.48. The van der Waals surface area contributed by atoms with E-state index in [4.69, 9.17) is 4.52 Å². The fraction of sp³-hybridized carbons (Fsp3) is 0.571. The minimum Gasteiger partial charge on any atom is -0.361 e. The van der Waals surface area contributed by atoms with Crippen LogP contribution >= 0.6 is 11.5 Å². The molecule has 1 aliphatic heterocycles. The Bertz CT molecular complexity index is 645. The molecule has 8 heteroatoms. The van der Waals surface area contributed by atoms with Crippen LogP contribution in [-0.4, -0.2) is 56.6 Å². The third-order valence-corrected chi connectivity index (χ3v) is 4.56. The molecule has 118 valence electrons. The molecule has 22 heavy (non-hydrogen) atoms. The number of rotatable bonds is 4. The topological polar surface area (TPSA) is 75.4 Å². The van der Waals surface area contributed by atoms with Crippen molar-refractivity contribution in [2.45, 2.75) is 26.8 Å². The van der Waals surface area contributed by atoms with Gasteiger partial charge >= 0.3 is 0 Å². The van der Waals surface area contributed by atoms with Gasteiger partial charge in [-0.05, 0) is 24.9 Å². The van der Waals surface area contributed by atoms with E-state index in [1.54, 1.807) is 0 Å². The van der Waals surface area contributed by atoms with Crippen LogP contribution in [-0.2, 0) is 13.0 Å². The Balaban J connectivity index is 1.56. The van der Waals surface area contributed by atoms with Gasteiger partial charge in [-0.2, -0.15) is 0 Å². The Labute approximate surface area is 133 Å². The van der Waals surface area contributed by atoms with Crippen LogP contribution < -0.4 is 0 Å². The first kappa shape index (κ1) is 15.1. The van der Waals surface area contributed by atoms with E-state index >= 15 is 0 Å². The minimum absolute atomic E-state index is 0.0591. The van der Waals surface area contributed by atoms with Gasteiger partial charge < -0.3 is 9.42 Å². The van der Waals surface area contributed by atoms with E-state index in [0.29, 0.717) is 4.88 Å². The zero-order valence-corrected chi connectivity index (χ0v) is 13.6. The molecule has 2 aromatic rings. The lowest BCUT2D eigenvalue weighted by molar-refractivity contribution is 0.0629. The lowest BCUT2D eigenvalue weighted by Gasteiger charge is -2.34. The zero-order valence-electron chi connectivity index (χ0n) is 12.8. The number of hydrogen-bond donors (Lipinski definition) is 0. The Morgan fingerprint density at radius 2 is 2.14 bits per heavy atom. The van der Waals surface area contributed by atoms with Gasteiger partial charge in [0.15, 0.2) is 0 Å². The van der Waals surface area contributed by atoms with Crippen molar-refractivity contribution in [1.82, 2.24) is 24.5 Å². The average molecular weight is 321 g/mol. The summed E-state index contributed by atoms with van der Waals surface area (Å²) in [7, 11) is 0. The van der Waals surface area contributed by atoms with Crippen LogP contribution in [0.1, 0.15) is 33.7 Å². The Kier molecular flexibility index (Phi) is 4.49. The van der Waals surface area contributed by atoms with E-state index in [-0.39, 0.29) is 5.91 Å². The Morgan fingerprint density at radius 3 is 2.77 bits per heavy atom. The molecule has 3 rings (SSSR count). The summed E-state index contributed by atoms with van der Waals surface area (Å²) in [6, 6.07) is 1.95. The van der Waals surface area contributed by atoms with Gasteiger partial charge in [-0.15, -0.1) is 5.10 Å². The molecular formula is C14H19N5O2S. The van der Waals surface area contributed by atoms with Crippen LogP contribution in [0.5, 0.6) is 0 Å². The van der Waals surface area contributed by atoms with Crippen LogP contribution in [0.25, 0.3) is 0 Å². The second-order valence-electron chi connectivity index (χ2n) is 5.40. The number of nitrogens with zero attached hydrogens (tertiary/aromatic N) is 5. The molecule has 1 amide bonds. The highest BCUT2D eigenvalue weighted by molar-refractivity contribution is 7.08. The Hall–Kier alpha value is -1.80. The van der Waals surface area contributed by atoms with Crippen molar-refractivity contribution >= 4 is 17.4 Å². The van der Waals surface area contributed by atoms with Crippen molar-refractivity contribution in [2.24, 2.45) is 0 Å². The summed E-state index contributed by atoms with van der Waals surface area (Å²) in [4.78, 5) is 17.4. The molecule has 7 nitrogen and oxygen atoms in total. The first-order valence-electron chi connectivity index (χ1n) is 7.42. The average Bonchev–Trinajstić information content (AvgIpc) is 3.16. The molecule has 0 unspecified atom stereocenters. The summed E-state index contributed by atoms with van der Waals surface area (Å²) in [5.41, 5.74) is 1.74. The highest BCUT2D eigenvalue weighted by Gasteiger charge is 2.25. The van der Waals surface area contributed by atoms with E-state index in [1.165, 1.54) is 11.5 Å². The third-order valence-electron chi connectivity index (χ3n) is 3.81. The molecular weight excluding hydrogens is 302 g/mol. The van der Waals surface area contributed by atoms with Gasteiger partial charge in [0, 0.05) is 38.8 Å². The summed E-state index contributed by atoms with van der Waals surface area (Å²) in [6.45, 7) is 7.76. The van der Waals surface area contributed by atoms with Gasteiger partial charge in [-0.1, -0.05) is 16.6 Å². The monoisotopic (exact) mass is 321 g/mol. The molecule has 0 saturated carbocycles. The number of piperazine rings is 1. The standard InChI is InChI=1S/C14H19N5O2S/c1-3-12-13(22-17-15-12)14(20)19-6-4-18(5-7-19)9-11-8-10(2)21-16-11/h8H,3-7,9H2,1-2H3. The van der Waals surface area contributed by atoms with Crippen molar-refractivity contribution in [2.75, 3.05) is 26.2 Å². The Morgan fingerprint density at radius 1 is 1.36 bits per heavy atom. The number of amides is 1. The molecule has 0 spiro atoms. The normalized spacial score (nSPS) is 16.2. The van der Waals surface area contributed by atoms with Crippen molar-refractivity contribution in [3.05, 3.63) is 28.1 Å². The molecule has 0 bridgehead atoms. The lowest BCUT2D eigenvalue weighted by atomic mass is 10.2. The van der Waals surface area contributed by atoms with Gasteiger partial charge in [0.05, 0.1) is 11.4 Å². The minimum atomic E-state index is 0.0591. The molecule has 0 radical (unpaired) electrons. The number of aryl methyl sites for hydroxylation is 2. The molecule has 1 fully saturated rings. The molecule has 0 aliphatic carbocycles. The van der Waals surface area contributed by atoms with Crippen LogP contribution in [0, 0.1) is 6.92 Å². The van der Waals surface area contributed by atoms with Crippen molar-refractivity contribution in [3.63, 3.8) is 0 Å². The van der Waals surface area contributed by atoms with E-state index < -0.39 is 0 Å². The molecule has 2 aromatic heterocycles. The summed E-state index contributed by atoms with van der Waals surface area (Å²) in [5, 5.41) is 8.03. The number of carbonyl (C=O) groups excluding carboxylic acids is 1. The molecule has 0 aromatic carbocycles. The maximum absolute atomic E-state index is 12.5. The van der Waals surface area contributed by atoms with Crippen molar-refractivity contribution < 1.29 is 9.32 Å². The molecule has 1 aliphatic rings. The van der Waals surface area contributed by atoms with Gasteiger partial charge in [0.1, 0.15) is 10.6 Å². The quantitative estimate of drug-likeness (QED) is 0.846. The summed E-state index contributed by atoms with van der Waals surface area (Å²) >= 11 is 1.19. The SMILES string of the molecule is CCc1nnsc1C(=O)N1CCN(Cc2cc(C)on2)CC1. The zero-order chi connectivity index (χ0) is 15.5. The number of carbonyl (C=O) groups is 1. The maximum atomic E-state index is 12.5. The second-order valence-corrected chi connectivity index (χ2v) is 6.15. The van der Waals surface area contributed by atoms with Crippen LogP contribution in [0.3, 0.4) is 0 Å². The third kappa shape index (κ3) is 3.17. The largest absolute Gasteiger partial charge is 0.361 e. The fourth-order valence-electron chi connectivity index (χ4n) is 2.58. The van der Waals surface area contributed by atoms with E-state index in [9.17, 15) is 4.79 Å². The molecule has 3 heterocycles. The van der Waals surface area contributed by atoms with E-state index in [2.05, 4.69) is 19.6 Å². The number of hydrogen-bond acceptors (Lipinski definition) is 7. The number of aromatic nitrogens is 3. The summed E-state index contributed by atoms with van der Waals surface area (Å²) in [6.07, 6.45) is 0.739.